The van der Waals surface area contributed by atoms with Crippen molar-refractivity contribution in [3.8, 4) is 0 Å². The van der Waals surface area contributed by atoms with E-state index in [2.05, 4.69) is 6.92 Å². The summed E-state index contributed by atoms with van der Waals surface area (Å²) < 4.78 is 0. The highest BCUT2D eigenvalue weighted by Crippen LogP contribution is 2.48. The molecule has 18 heavy (non-hydrogen) atoms. The number of amides is 1. The van der Waals surface area contributed by atoms with Gasteiger partial charge in [-0.1, -0.05) is 13.3 Å². The van der Waals surface area contributed by atoms with Crippen LogP contribution >= 0.6 is 0 Å². The lowest BCUT2D eigenvalue weighted by molar-refractivity contribution is -0.162. The number of fused-ring (bicyclic) bond motifs is 2. The van der Waals surface area contributed by atoms with Gasteiger partial charge in [0, 0.05) is 6.04 Å². The summed E-state index contributed by atoms with van der Waals surface area (Å²) in [4.78, 5) is 14.3. The van der Waals surface area contributed by atoms with Crippen molar-refractivity contribution in [1.82, 2.24) is 4.90 Å². The lowest BCUT2D eigenvalue weighted by Crippen LogP contribution is -2.65. The molecular formula is C14H24N2O2. The molecule has 2 bridgehead atoms. The Labute approximate surface area is 109 Å². The molecule has 0 aromatic carbocycles. The second kappa shape index (κ2) is 4.20. The molecule has 0 aromatic heterocycles. The number of β-amino-alcohol motifs (C(OH)–C–C–N with tert-alkyl or cyclic N) is 1. The van der Waals surface area contributed by atoms with Crippen LogP contribution in [0.25, 0.3) is 0 Å². The molecule has 102 valence electrons. The minimum atomic E-state index is -0.619. The van der Waals surface area contributed by atoms with Gasteiger partial charge in [0.15, 0.2) is 0 Å². The molecular weight excluding hydrogens is 228 g/mol. The second-order valence-corrected chi connectivity index (χ2v) is 6.60. The maximum Gasteiger partial charge on any atom is 0.227 e. The average Bonchev–Trinajstić information content (AvgIpc) is 2.85. The van der Waals surface area contributed by atoms with Gasteiger partial charge in [-0.2, -0.15) is 0 Å². The summed E-state index contributed by atoms with van der Waals surface area (Å²) in [6.45, 7) is 3.09. The Hall–Kier alpha value is -0.610. The van der Waals surface area contributed by atoms with Gasteiger partial charge in [-0.05, 0) is 37.5 Å². The Morgan fingerprint density at radius 3 is 2.61 bits per heavy atom. The first-order chi connectivity index (χ1) is 8.54. The van der Waals surface area contributed by atoms with Crippen molar-refractivity contribution in [3.63, 3.8) is 0 Å². The Morgan fingerprint density at radius 2 is 2.06 bits per heavy atom. The summed E-state index contributed by atoms with van der Waals surface area (Å²) in [7, 11) is 0. The summed E-state index contributed by atoms with van der Waals surface area (Å²) in [5.74, 6) is 1.32. The molecule has 1 saturated heterocycles. The highest BCUT2D eigenvalue weighted by atomic mass is 16.3. The molecule has 4 unspecified atom stereocenters. The Kier molecular flexibility index (Phi) is 2.90. The zero-order chi connectivity index (χ0) is 12.9. The van der Waals surface area contributed by atoms with E-state index in [0.717, 1.165) is 19.3 Å². The van der Waals surface area contributed by atoms with Crippen LogP contribution in [-0.2, 0) is 4.79 Å². The van der Waals surface area contributed by atoms with E-state index in [1.54, 1.807) is 0 Å². The van der Waals surface area contributed by atoms with E-state index in [1.807, 2.05) is 4.90 Å². The molecule has 3 rings (SSSR count). The molecule has 1 amide bonds. The van der Waals surface area contributed by atoms with Crippen molar-refractivity contribution >= 4 is 5.91 Å². The Balaban J connectivity index is 1.60. The van der Waals surface area contributed by atoms with E-state index in [4.69, 9.17) is 5.73 Å². The fourth-order valence-electron chi connectivity index (χ4n) is 4.36. The number of aliphatic hydroxyl groups is 1. The van der Waals surface area contributed by atoms with Crippen LogP contribution in [0.2, 0.25) is 0 Å². The Morgan fingerprint density at radius 1 is 1.39 bits per heavy atom. The van der Waals surface area contributed by atoms with E-state index in [0.29, 0.717) is 24.9 Å². The normalized spacial score (nSPS) is 40.9. The Bertz CT molecular complexity index is 350. The third-order valence-electron chi connectivity index (χ3n) is 5.26. The predicted octanol–water partition coefficient (Wildman–Crippen LogP) is 0.733. The number of likely N-dealkylation sites (tertiary alicyclic amines) is 1. The lowest BCUT2D eigenvalue weighted by atomic mass is 9.81. The van der Waals surface area contributed by atoms with Crippen molar-refractivity contribution in [3.05, 3.63) is 0 Å². The first-order valence-corrected chi connectivity index (χ1v) is 7.31. The van der Waals surface area contributed by atoms with Gasteiger partial charge in [0.25, 0.3) is 0 Å². The largest absolute Gasteiger partial charge is 0.386 e. The molecule has 3 aliphatic rings. The van der Waals surface area contributed by atoms with E-state index < -0.39 is 5.60 Å². The molecule has 1 heterocycles. The predicted molar refractivity (Wildman–Crippen MR) is 68.7 cm³/mol. The molecule has 4 nitrogen and oxygen atoms in total. The van der Waals surface area contributed by atoms with Crippen LogP contribution in [0.1, 0.15) is 39.0 Å². The van der Waals surface area contributed by atoms with E-state index in [9.17, 15) is 9.90 Å². The van der Waals surface area contributed by atoms with Crippen LogP contribution in [0.15, 0.2) is 0 Å². The van der Waals surface area contributed by atoms with E-state index >= 15 is 0 Å². The fourth-order valence-corrected chi connectivity index (χ4v) is 4.36. The number of nitrogens with two attached hydrogens (primary N) is 1. The molecule has 1 aliphatic heterocycles. The first kappa shape index (κ1) is 12.4. The SMILES string of the molecule is CCCC1(O)CN(C(=O)C2C3CCC(C3)C2N)C1. The smallest absolute Gasteiger partial charge is 0.227 e. The molecule has 3 fully saturated rings. The van der Waals surface area contributed by atoms with Gasteiger partial charge in [-0.15, -0.1) is 0 Å². The van der Waals surface area contributed by atoms with Crippen LogP contribution in [0, 0.1) is 17.8 Å². The van der Waals surface area contributed by atoms with Gasteiger partial charge in [0.05, 0.1) is 24.6 Å². The lowest BCUT2D eigenvalue weighted by Gasteiger charge is -2.48. The highest BCUT2D eigenvalue weighted by molar-refractivity contribution is 5.81. The quantitative estimate of drug-likeness (QED) is 0.778. The molecule has 0 radical (unpaired) electrons. The summed E-state index contributed by atoms with van der Waals surface area (Å²) in [6, 6.07) is 0.0658. The van der Waals surface area contributed by atoms with Crippen LogP contribution in [0.3, 0.4) is 0 Å². The molecule has 2 saturated carbocycles. The fraction of sp³-hybridized carbons (Fsp3) is 0.929. The van der Waals surface area contributed by atoms with Gasteiger partial charge in [0.2, 0.25) is 5.91 Å². The third-order valence-corrected chi connectivity index (χ3v) is 5.26. The number of hydrogen-bond acceptors (Lipinski definition) is 3. The summed E-state index contributed by atoms with van der Waals surface area (Å²) in [5, 5.41) is 10.1. The van der Waals surface area contributed by atoms with Crippen molar-refractivity contribution < 1.29 is 9.90 Å². The van der Waals surface area contributed by atoms with Gasteiger partial charge in [-0.3, -0.25) is 4.79 Å². The van der Waals surface area contributed by atoms with Gasteiger partial charge in [0.1, 0.15) is 0 Å². The topological polar surface area (TPSA) is 66.6 Å². The average molecular weight is 252 g/mol. The van der Waals surface area contributed by atoms with Gasteiger partial charge < -0.3 is 15.7 Å². The number of hydrogen-bond donors (Lipinski definition) is 2. The highest BCUT2D eigenvalue weighted by Gasteiger charge is 2.53. The maximum atomic E-state index is 12.5. The van der Waals surface area contributed by atoms with Crippen molar-refractivity contribution in [2.24, 2.45) is 23.5 Å². The standard InChI is InChI=1S/C14H24N2O2/c1-2-5-14(18)7-16(8-14)13(17)11-9-3-4-10(6-9)12(11)15/h9-12,18H,2-8,15H2,1H3. The van der Waals surface area contributed by atoms with E-state index in [1.165, 1.54) is 12.8 Å². The molecule has 4 heteroatoms. The number of rotatable bonds is 3. The van der Waals surface area contributed by atoms with Gasteiger partial charge >= 0.3 is 0 Å². The second-order valence-electron chi connectivity index (χ2n) is 6.60. The van der Waals surface area contributed by atoms with Crippen LogP contribution in [-0.4, -0.2) is 40.6 Å². The number of carbonyl (C=O) groups excluding carboxylic acids is 1. The van der Waals surface area contributed by atoms with Crippen LogP contribution < -0.4 is 5.73 Å². The molecule has 2 aliphatic carbocycles. The number of carbonyl (C=O) groups is 1. The summed E-state index contributed by atoms with van der Waals surface area (Å²) >= 11 is 0. The summed E-state index contributed by atoms with van der Waals surface area (Å²) in [5.41, 5.74) is 5.58. The third kappa shape index (κ3) is 1.77. The minimum Gasteiger partial charge on any atom is -0.386 e. The van der Waals surface area contributed by atoms with Crippen LogP contribution in [0.4, 0.5) is 0 Å². The zero-order valence-electron chi connectivity index (χ0n) is 11.1. The molecule has 3 N–H and O–H groups in total. The zero-order valence-corrected chi connectivity index (χ0v) is 11.1. The van der Waals surface area contributed by atoms with Crippen molar-refractivity contribution in [1.29, 1.82) is 0 Å². The maximum absolute atomic E-state index is 12.5. The summed E-state index contributed by atoms with van der Waals surface area (Å²) in [6.07, 6.45) is 5.27. The number of nitrogens with zero attached hydrogens (tertiary/aromatic N) is 1. The molecule has 4 atom stereocenters. The van der Waals surface area contributed by atoms with Crippen molar-refractivity contribution in [2.45, 2.75) is 50.7 Å². The minimum absolute atomic E-state index is 0.0370. The molecule has 0 aromatic rings. The first-order valence-electron chi connectivity index (χ1n) is 7.31. The van der Waals surface area contributed by atoms with E-state index in [-0.39, 0.29) is 17.9 Å². The van der Waals surface area contributed by atoms with Crippen LogP contribution in [0.5, 0.6) is 0 Å². The van der Waals surface area contributed by atoms with Crippen molar-refractivity contribution in [2.75, 3.05) is 13.1 Å². The molecule has 0 spiro atoms. The monoisotopic (exact) mass is 252 g/mol. The van der Waals surface area contributed by atoms with Gasteiger partial charge in [-0.25, -0.2) is 0 Å².